The molecule has 12 nitrogen and oxygen atoms in total. The number of benzene rings is 1. The van der Waals surface area contributed by atoms with Gasteiger partial charge in [-0.2, -0.15) is 15.5 Å². The summed E-state index contributed by atoms with van der Waals surface area (Å²) in [6.45, 7) is -2.80. The molecule has 1 saturated carbocycles. The SMILES string of the molecule is [2H]C([2H])([2H])Nc1nc(-c2cnn(C)c2-c2c(F)cc3c(c2C#N)OC2(CC2)C(=O)N3)cc2c(CN)n[nH]c(=O)c12. The second kappa shape index (κ2) is 7.84. The predicted octanol–water partition coefficient (Wildman–Crippen LogP) is 1.76. The topological polar surface area (TPSA) is 177 Å². The molecule has 4 heterocycles. The van der Waals surface area contributed by atoms with Crippen molar-refractivity contribution in [1.29, 1.82) is 5.26 Å². The van der Waals surface area contributed by atoms with Gasteiger partial charge in [-0.3, -0.25) is 14.3 Å². The number of nitrogens with one attached hydrogen (secondary N) is 3. The van der Waals surface area contributed by atoms with Crippen molar-refractivity contribution in [2.24, 2.45) is 12.8 Å². The number of hydrogen-bond donors (Lipinski definition) is 4. The maximum Gasteiger partial charge on any atom is 0.275 e. The molecule has 0 unspecified atom stereocenters. The number of nitrogens with two attached hydrogens (primary N) is 1. The number of hydrogen-bond acceptors (Lipinski definition) is 9. The van der Waals surface area contributed by atoms with Gasteiger partial charge in [-0.05, 0) is 6.07 Å². The monoisotopic (exact) mass is 504 g/mol. The summed E-state index contributed by atoms with van der Waals surface area (Å²) in [4.78, 5) is 29.5. The van der Waals surface area contributed by atoms with Crippen molar-refractivity contribution < 1.29 is 18.0 Å². The van der Waals surface area contributed by atoms with Crippen molar-refractivity contribution in [2.45, 2.75) is 25.0 Å². The Morgan fingerprint density at radius 2 is 2.22 bits per heavy atom. The Kier molecular flexibility index (Phi) is 4.10. The fourth-order valence-electron chi connectivity index (χ4n) is 4.63. The second-order valence-electron chi connectivity index (χ2n) is 8.79. The quantitative estimate of drug-likeness (QED) is 0.322. The number of nitrogens with zero attached hydrogens (tertiary/aromatic N) is 5. The zero-order valence-electron chi connectivity index (χ0n) is 22.3. The molecular weight excluding hydrogens is 481 g/mol. The molecule has 1 fully saturated rings. The Labute approximate surface area is 212 Å². The normalized spacial score (nSPS) is 16.7. The Morgan fingerprint density at radius 3 is 2.92 bits per heavy atom. The van der Waals surface area contributed by atoms with Gasteiger partial charge in [0.2, 0.25) is 0 Å². The molecule has 3 aromatic heterocycles. The zero-order chi connectivity index (χ0) is 28.6. The number of aryl methyl sites for hydroxylation is 1. The molecule has 1 aliphatic carbocycles. The minimum atomic E-state index is -2.71. The van der Waals surface area contributed by atoms with E-state index in [9.17, 15) is 14.9 Å². The molecule has 2 aliphatic rings. The Balaban J connectivity index is 1.62. The molecule has 0 bridgehead atoms. The van der Waals surface area contributed by atoms with Crippen LogP contribution in [0.1, 0.15) is 28.2 Å². The highest BCUT2D eigenvalue weighted by Crippen LogP contribution is 2.50. The Bertz CT molecular complexity index is 1860. The first kappa shape index (κ1) is 19.4. The van der Waals surface area contributed by atoms with Crippen LogP contribution >= 0.6 is 0 Å². The summed E-state index contributed by atoms with van der Waals surface area (Å²) < 4.78 is 46.0. The molecule has 1 aromatic carbocycles. The van der Waals surface area contributed by atoms with Crippen LogP contribution in [0.4, 0.5) is 15.9 Å². The van der Waals surface area contributed by atoms with E-state index in [0.717, 1.165) is 6.07 Å². The Morgan fingerprint density at radius 1 is 1.41 bits per heavy atom. The number of amides is 1. The van der Waals surface area contributed by atoms with E-state index in [1.165, 1.54) is 24.0 Å². The van der Waals surface area contributed by atoms with Gasteiger partial charge in [0.15, 0.2) is 11.4 Å². The number of carbonyl (C=O) groups is 1. The molecule has 0 radical (unpaired) electrons. The summed E-state index contributed by atoms with van der Waals surface area (Å²) in [6.07, 6.45) is 2.30. The highest BCUT2D eigenvalue weighted by Gasteiger charge is 2.56. The van der Waals surface area contributed by atoms with E-state index in [4.69, 9.17) is 14.6 Å². The lowest BCUT2D eigenvalue weighted by Crippen LogP contribution is -2.39. The van der Waals surface area contributed by atoms with Gasteiger partial charge in [0, 0.05) is 54.5 Å². The second-order valence-corrected chi connectivity index (χ2v) is 8.79. The molecule has 37 heavy (non-hydrogen) atoms. The lowest BCUT2D eigenvalue weighted by atomic mass is 9.96. The van der Waals surface area contributed by atoms with Crippen molar-refractivity contribution >= 4 is 28.2 Å². The molecular formula is C24H20FN9O3. The van der Waals surface area contributed by atoms with Crippen LogP contribution in [0, 0.1) is 17.1 Å². The number of fused-ring (bicyclic) bond motifs is 2. The molecule has 1 aliphatic heterocycles. The van der Waals surface area contributed by atoms with Crippen LogP contribution in [0.25, 0.3) is 33.3 Å². The first-order chi connectivity index (χ1) is 19.0. The van der Waals surface area contributed by atoms with Crippen molar-refractivity contribution in [2.75, 3.05) is 17.6 Å². The first-order valence-corrected chi connectivity index (χ1v) is 11.2. The van der Waals surface area contributed by atoms with E-state index in [1.54, 1.807) is 0 Å². The third-order valence-corrected chi connectivity index (χ3v) is 6.62. The molecule has 13 heteroatoms. The first-order valence-electron chi connectivity index (χ1n) is 12.7. The van der Waals surface area contributed by atoms with E-state index in [0.29, 0.717) is 12.8 Å². The minimum absolute atomic E-state index is 0.0370. The van der Waals surface area contributed by atoms with Gasteiger partial charge in [0.1, 0.15) is 23.3 Å². The summed E-state index contributed by atoms with van der Waals surface area (Å²) in [7, 11) is 1.53. The average Bonchev–Trinajstić information content (AvgIpc) is 3.57. The minimum Gasteiger partial charge on any atom is -0.474 e. The number of pyridine rings is 1. The van der Waals surface area contributed by atoms with Gasteiger partial charge in [-0.1, -0.05) is 0 Å². The van der Waals surface area contributed by atoms with Crippen LogP contribution in [-0.4, -0.2) is 43.4 Å². The summed E-state index contributed by atoms with van der Waals surface area (Å²) in [6, 6.07) is 4.55. The van der Waals surface area contributed by atoms with Crippen molar-refractivity contribution in [3.05, 3.63) is 45.8 Å². The predicted molar refractivity (Wildman–Crippen MR) is 131 cm³/mol. The number of nitriles is 1. The maximum atomic E-state index is 15.7. The van der Waals surface area contributed by atoms with Crippen molar-refractivity contribution in [3.8, 4) is 34.3 Å². The molecule has 5 N–H and O–H groups in total. The largest absolute Gasteiger partial charge is 0.474 e. The number of aromatic amines is 1. The van der Waals surface area contributed by atoms with Crippen LogP contribution in [0.2, 0.25) is 0 Å². The van der Waals surface area contributed by atoms with Gasteiger partial charge in [0.05, 0.1) is 39.9 Å². The van der Waals surface area contributed by atoms with Gasteiger partial charge >= 0.3 is 0 Å². The standard InChI is InChI=1S/C24H20FN9O3/c1-28-21-18-10(16(8-27)32-33-22(18)35)5-14(30-21)12-9-29-34(2)19(12)17-11(7-26)20-15(6-13(17)25)31-23(36)24(37-20)3-4-24/h5-6,9H,3-4,8,27H2,1-2H3,(H,28,30)(H,31,36)(H,33,35)/i1D3. The highest BCUT2D eigenvalue weighted by molar-refractivity contribution is 6.04. The number of halogens is 1. The summed E-state index contributed by atoms with van der Waals surface area (Å²) >= 11 is 0. The fourth-order valence-corrected chi connectivity index (χ4v) is 4.63. The number of ether oxygens (including phenoxy) is 1. The molecule has 0 atom stereocenters. The molecule has 186 valence electrons. The van der Waals surface area contributed by atoms with Crippen LogP contribution < -0.4 is 26.7 Å². The van der Waals surface area contributed by atoms with Gasteiger partial charge in [0.25, 0.3) is 11.5 Å². The van der Waals surface area contributed by atoms with E-state index < -0.39 is 29.9 Å². The van der Waals surface area contributed by atoms with Crippen LogP contribution in [-0.2, 0) is 18.4 Å². The van der Waals surface area contributed by atoms with Crippen LogP contribution in [0.5, 0.6) is 5.75 Å². The third-order valence-electron chi connectivity index (χ3n) is 6.62. The summed E-state index contributed by atoms with van der Waals surface area (Å²) in [5.41, 5.74) is 4.50. The van der Waals surface area contributed by atoms with Crippen LogP contribution in [0.15, 0.2) is 23.1 Å². The summed E-state index contributed by atoms with van der Waals surface area (Å²) in [5, 5.41) is 25.7. The number of carbonyl (C=O) groups excluding carboxylic acids is 1. The van der Waals surface area contributed by atoms with E-state index in [-0.39, 0.29) is 68.3 Å². The molecule has 0 saturated heterocycles. The molecule has 1 amide bonds. The molecule has 4 aromatic rings. The number of rotatable bonds is 4. The highest BCUT2D eigenvalue weighted by atomic mass is 19.1. The third kappa shape index (κ3) is 3.19. The lowest BCUT2D eigenvalue weighted by molar-refractivity contribution is -0.125. The summed E-state index contributed by atoms with van der Waals surface area (Å²) in [5.74, 6) is -1.46. The molecule has 1 spiro atoms. The van der Waals surface area contributed by atoms with E-state index >= 15 is 4.39 Å². The van der Waals surface area contributed by atoms with Gasteiger partial charge < -0.3 is 21.1 Å². The number of anilines is 2. The smallest absolute Gasteiger partial charge is 0.275 e. The van der Waals surface area contributed by atoms with Crippen molar-refractivity contribution in [1.82, 2.24) is 25.0 Å². The lowest BCUT2D eigenvalue weighted by Gasteiger charge is -2.27. The van der Waals surface area contributed by atoms with Crippen molar-refractivity contribution in [3.63, 3.8) is 0 Å². The van der Waals surface area contributed by atoms with E-state index in [2.05, 4.69) is 30.9 Å². The maximum absolute atomic E-state index is 15.7. The average molecular weight is 505 g/mol. The molecule has 6 rings (SSSR count). The van der Waals surface area contributed by atoms with E-state index in [1.807, 2.05) is 6.07 Å². The Hall–Kier alpha value is -4.83. The zero-order valence-corrected chi connectivity index (χ0v) is 19.3. The fraction of sp³-hybridized carbons (Fsp3) is 0.250. The van der Waals surface area contributed by atoms with Gasteiger partial charge in [-0.25, -0.2) is 14.5 Å². The van der Waals surface area contributed by atoms with Gasteiger partial charge in [-0.15, -0.1) is 0 Å². The number of H-pyrrole nitrogens is 1. The number of aromatic nitrogens is 5. The van der Waals surface area contributed by atoms with Crippen LogP contribution in [0.3, 0.4) is 0 Å².